The van der Waals surface area contributed by atoms with Gasteiger partial charge in [0, 0.05) is 44.7 Å². The zero-order valence-corrected chi connectivity index (χ0v) is 15.8. The van der Waals surface area contributed by atoms with Gasteiger partial charge >= 0.3 is 0 Å². The molecule has 27 heavy (non-hydrogen) atoms. The van der Waals surface area contributed by atoms with Gasteiger partial charge in [0.2, 0.25) is 5.91 Å². The highest BCUT2D eigenvalue weighted by Gasteiger charge is 2.14. The van der Waals surface area contributed by atoms with Gasteiger partial charge in [0.1, 0.15) is 0 Å². The van der Waals surface area contributed by atoms with Crippen molar-refractivity contribution in [2.45, 2.75) is 26.2 Å². The van der Waals surface area contributed by atoms with Crippen LogP contribution in [0.25, 0.3) is 6.08 Å². The first-order chi connectivity index (χ1) is 13.1. The molecule has 1 aliphatic heterocycles. The molecule has 0 aliphatic carbocycles. The second-order valence-corrected chi connectivity index (χ2v) is 6.02. The van der Waals surface area contributed by atoms with E-state index < -0.39 is 0 Å². The monoisotopic (exact) mass is 375 g/mol. The lowest BCUT2D eigenvalue weighted by Crippen LogP contribution is -2.46. The zero-order valence-electron chi connectivity index (χ0n) is 15.8. The van der Waals surface area contributed by atoms with Crippen LogP contribution < -0.4 is 10.6 Å². The molecule has 7 nitrogen and oxygen atoms in total. The Labute approximate surface area is 160 Å². The summed E-state index contributed by atoms with van der Waals surface area (Å²) in [5, 5.41) is 12.9. The number of carboxylic acid groups (broad SMARTS) is 1. The largest absolute Gasteiger partial charge is 0.483 e. The van der Waals surface area contributed by atoms with Gasteiger partial charge in [-0.1, -0.05) is 24.3 Å². The molecule has 0 atom stereocenters. The van der Waals surface area contributed by atoms with Gasteiger partial charge in [-0.15, -0.1) is 0 Å². The summed E-state index contributed by atoms with van der Waals surface area (Å²) in [5.74, 6) is 0.206. The number of hydrogen-bond acceptors (Lipinski definition) is 4. The van der Waals surface area contributed by atoms with Crippen molar-refractivity contribution in [3.05, 3.63) is 41.5 Å². The van der Waals surface area contributed by atoms with Crippen LogP contribution in [0.4, 0.5) is 0 Å². The average molecular weight is 375 g/mol. The molecule has 2 rings (SSSR count). The minimum Gasteiger partial charge on any atom is -0.483 e. The standard InChI is InChI=1S/C19H27N3O2.CH2O2/c1-2-21-19(24)17-9-6-8-16(15-17)7-4-3-5-10-18(23)22-13-11-20-12-14-22;2-1-3/h4,6-9,15,20H,2-3,5,10-14H2,1H3,(H,21,24);1H,(H,2,3)/b7-4-;. The molecule has 2 amide bonds. The summed E-state index contributed by atoms with van der Waals surface area (Å²) < 4.78 is 0. The van der Waals surface area contributed by atoms with E-state index in [1.54, 1.807) is 0 Å². The van der Waals surface area contributed by atoms with Gasteiger partial charge in [-0.2, -0.15) is 0 Å². The number of piperazine rings is 1. The molecule has 1 aromatic carbocycles. The molecule has 0 bridgehead atoms. The van der Waals surface area contributed by atoms with Crippen LogP contribution in [0.2, 0.25) is 0 Å². The Balaban J connectivity index is 0.00000114. The van der Waals surface area contributed by atoms with Crippen molar-refractivity contribution in [1.29, 1.82) is 0 Å². The predicted molar refractivity (Wildman–Crippen MR) is 105 cm³/mol. The van der Waals surface area contributed by atoms with E-state index in [0.717, 1.165) is 44.6 Å². The molecule has 0 spiro atoms. The van der Waals surface area contributed by atoms with Crippen LogP contribution in [0.3, 0.4) is 0 Å². The lowest BCUT2D eigenvalue weighted by molar-refractivity contribution is -0.131. The van der Waals surface area contributed by atoms with Crippen molar-refractivity contribution in [1.82, 2.24) is 15.5 Å². The topological polar surface area (TPSA) is 98.7 Å². The minimum absolute atomic E-state index is 0.0469. The van der Waals surface area contributed by atoms with Crippen molar-refractivity contribution in [3.63, 3.8) is 0 Å². The normalized spacial score (nSPS) is 13.6. The van der Waals surface area contributed by atoms with Gasteiger partial charge in [-0.25, -0.2) is 0 Å². The maximum Gasteiger partial charge on any atom is 0.290 e. The zero-order chi connectivity index (χ0) is 19.9. The highest BCUT2D eigenvalue weighted by Crippen LogP contribution is 2.09. The summed E-state index contributed by atoms with van der Waals surface area (Å²) in [5.41, 5.74) is 1.68. The molecule has 0 aromatic heterocycles. The van der Waals surface area contributed by atoms with Gasteiger partial charge in [-0.3, -0.25) is 14.4 Å². The second kappa shape index (κ2) is 13.5. The van der Waals surface area contributed by atoms with Crippen LogP contribution in [-0.2, 0) is 9.59 Å². The van der Waals surface area contributed by atoms with Crippen LogP contribution in [0.1, 0.15) is 42.1 Å². The quantitative estimate of drug-likeness (QED) is 0.498. The Hall–Kier alpha value is -2.67. The summed E-state index contributed by atoms with van der Waals surface area (Å²) in [4.78, 5) is 34.2. The summed E-state index contributed by atoms with van der Waals surface area (Å²) >= 11 is 0. The fourth-order valence-electron chi connectivity index (χ4n) is 2.71. The van der Waals surface area contributed by atoms with Crippen molar-refractivity contribution in [2.75, 3.05) is 32.7 Å². The van der Waals surface area contributed by atoms with Crippen molar-refractivity contribution in [3.8, 4) is 0 Å². The molecular weight excluding hydrogens is 346 g/mol. The molecular formula is C20H29N3O4. The second-order valence-electron chi connectivity index (χ2n) is 6.02. The van der Waals surface area contributed by atoms with E-state index in [1.165, 1.54) is 0 Å². The van der Waals surface area contributed by atoms with Crippen LogP contribution in [0.15, 0.2) is 30.3 Å². The van der Waals surface area contributed by atoms with E-state index in [0.29, 0.717) is 18.5 Å². The van der Waals surface area contributed by atoms with E-state index in [1.807, 2.05) is 42.2 Å². The third-order valence-corrected chi connectivity index (χ3v) is 4.03. The van der Waals surface area contributed by atoms with E-state index in [2.05, 4.69) is 16.7 Å². The number of carbonyl (C=O) groups excluding carboxylic acids is 2. The van der Waals surface area contributed by atoms with Crippen molar-refractivity contribution >= 4 is 24.4 Å². The van der Waals surface area contributed by atoms with Crippen LogP contribution in [0, 0.1) is 0 Å². The molecule has 0 radical (unpaired) electrons. The molecule has 3 N–H and O–H groups in total. The van der Waals surface area contributed by atoms with Crippen molar-refractivity contribution in [2.24, 2.45) is 0 Å². The summed E-state index contributed by atoms with van der Waals surface area (Å²) in [6.07, 6.45) is 6.40. The SMILES string of the molecule is CCNC(=O)c1cccc(/C=C\CCCC(=O)N2CCNCC2)c1.O=CO. The first-order valence-corrected chi connectivity index (χ1v) is 9.23. The number of carbonyl (C=O) groups is 3. The maximum atomic E-state index is 12.0. The summed E-state index contributed by atoms with van der Waals surface area (Å²) in [6, 6.07) is 7.56. The predicted octanol–water partition coefficient (Wildman–Crippen LogP) is 1.75. The van der Waals surface area contributed by atoms with E-state index >= 15 is 0 Å². The number of nitrogens with one attached hydrogen (secondary N) is 2. The van der Waals surface area contributed by atoms with Gasteiger partial charge in [0.25, 0.3) is 12.4 Å². The van der Waals surface area contributed by atoms with Gasteiger partial charge < -0.3 is 20.6 Å². The fourth-order valence-corrected chi connectivity index (χ4v) is 2.71. The minimum atomic E-state index is -0.250. The Bertz CT molecular complexity index is 625. The van der Waals surface area contributed by atoms with Gasteiger partial charge in [0.05, 0.1) is 0 Å². The fraction of sp³-hybridized carbons (Fsp3) is 0.450. The van der Waals surface area contributed by atoms with E-state index in [9.17, 15) is 9.59 Å². The number of hydrogen-bond donors (Lipinski definition) is 3. The Morgan fingerprint density at radius 2 is 2.00 bits per heavy atom. The Morgan fingerprint density at radius 3 is 2.67 bits per heavy atom. The van der Waals surface area contributed by atoms with Gasteiger partial charge in [-0.05, 0) is 37.5 Å². The van der Waals surface area contributed by atoms with Crippen LogP contribution >= 0.6 is 0 Å². The number of amides is 2. The Kier molecular flexibility index (Phi) is 11.2. The summed E-state index contributed by atoms with van der Waals surface area (Å²) in [6.45, 7) is 5.72. The average Bonchev–Trinajstić information content (AvgIpc) is 2.69. The van der Waals surface area contributed by atoms with Crippen LogP contribution in [0.5, 0.6) is 0 Å². The summed E-state index contributed by atoms with van der Waals surface area (Å²) in [7, 11) is 0. The number of unbranched alkanes of at least 4 members (excludes halogenated alkanes) is 1. The first-order valence-electron chi connectivity index (χ1n) is 9.23. The molecule has 1 heterocycles. The molecule has 0 unspecified atom stereocenters. The molecule has 7 heteroatoms. The molecule has 1 saturated heterocycles. The van der Waals surface area contributed by atoms with E-state index in [4.69, 9.17) is 9.90 Å². The third-order valence-electron chi connectivity index (χ3n) is 4.03. The molecule has 148 valence electrons. The molecule has 1 fully saturated rings. The molecule has 0 saturated carbocycles. The maximum absolute atomic E-state index is 12.0. The number of rotatable bonds is 7. The van der Waals surface area contributed by atoms with Crippen molar-refractivity contribution < 1.29 is 19.5 Å². The van der Waals surface area contributed by atoms with E-state index in [-0.39, 0.29) is 18.3 Å². The third kappa shape index (κ3) is 9.01. The highest BCUT2D eigenvalue weighted by atomic mass is 16.3. The number of nitrogens with zero attached hydrogens (tertiary/aromatic N) is 1. The first kappa shape index (κ1) is 22.4. The molecule has 1 aromatic rings. The smallest absolute Gasteiger partial charge is 0.290 e. The number of benzene rings is 1. The molecule has 1 aliphatic rings. The lowest BCUT2D eigenvalue weighted by Gasteiger charge is -2.27. The van der Waals surface area contributed by atoms with Crippen LogP contribution in [-0.4, -0.2) is 61.0 Å². The lowest BCUT2D eigenvalue weighted by atomic mass is 10.1. The van der Waals surface area contributed by atoms with Gasteiger partial charge in [0.15, 0.2) is 0 Å². The Morgan fingerprint density at radius 1 is 1.30 bits per heavy atom. The highest BCUT2D eigenvalue weighted by molar-refractivity contribution is 5.94. The number of allylic oxidation sites excluding steroid dienone is 1.